The molecule has 0 radical (unpaired) electrons. The fourth-order valence-corrected chi connectivity index (χ4v) is 3.78. The molecule has 0 rings (SSSR count). The van der Waals surface area contributed by atoms with Crippen LogP contribution < -0.4 is 0 Å². The molecule has 3 N–H and O–H groups in total. The van der Waals surface area contributed by atoms with Gasteiger partial charge in [0.15, 0.2) is 0 Å². The van der Waals surface area contributed by atoms with Gasteiger partial charge in [-0.2, -0.15) is 0 Å². The Labute approximate surface area is 175 Å². The predicted octanol–water partition coefficient (Wildman–Crippen LogP) is 4.54. The van der Waals surface area contributed by atoms with Crippen molar-refractivity contribution in [3.05, 3.63) is 0 Å². The van der Waals surface area contributed by atoms with Gasteiger partial charge in [-0.05, 0) is 12.8 Å². The van der Waals surface area contributed by atoms with E-state index in [1.165, 1.54) is 51.4 Å². The van der Waals surface area contributed by atoms with Crippen LogP contribution in [0.2, 0.25) is 0 Å². The molecule has 170 valence electrons. The number of rotatable bonds is 21. The van der Waals surface area contributed by atoms with Crippen LogP contribution in [0.3, 0.4) is 0 Å². The second kappa shape index (κ2) is 17.2. The zero-order chi connectivity index (χ0) is 22.0. The third-order valence-electron chi connectivity index (χ3n) is 5.64. The van der Waals surface area contributed by atoms with Crippen molar-refractivity contribution in [2.45, 2.75) is 96.8 Å². The van der Waals surface area contributed by atoms with Gasteiger partial charge in [0.2, 0.25) is 0 Å². The molecule has 0 aromatic rings. The highest BCUT2D eigenvalue weighted by Crippen LogP contribution is 2.17. The maximum Gasteiger partial charge on any atom is 0.309 e. The van der Waals surface area contributed by atoms with Gasteiger partial charge in [0.05, 0.1) is 45.4 Å². The quantitative estimate of drug-likeness (QED) is 0.187. The molecule has 7 heteroatoms. The summed E-state index contributed by atoms with van der Waals surface area (Å²) >= 11 is 0. The van der Waals surface area contributed by atoms with Crippen molar-refractivity contribution in [3.63, 3.8) is 0 Å². The van der Waals surface area contributed by atoms with Crippen molar-refractivity contribution < 1.29 is 34.2 Å². The zero-order valence-electron chi connectivity index (χ0n) is 18.2. The van der Waals surface area contributed by atoms with Crippen LogP contribution in [0.4, 0.5) is 0 Å². The summed E-state index contributed by atoms with van der Waals surface area (Å²) in [5.41, 5.74) is 0. The first-order valence-corrected chi connectivity index (χ1v) is 11.3. The van der Waals surface area contributed by atoms with E-state index < -0.39 is 17.9 Å². The summed E-state index contributed by atoms with van der Waals surface area (Å²) in [6.45, 7) is 3.72. The zero-order valence-corrected chi connectivity index (χ0v) is 18.2. The highest BCUT2D eigenvalue weighted by Gasteiger charge is 2.29. The summed E-state index contributed by atoms with van der Waals surface area (Å²) in [5.74, 6) is -2.80. The van der Waals surface area contributed by atoms with E-state index in [0.29, 0.717) is 6.54 Å². The van der Waals surface area contributed by atoms with Crippen molar-refractivity contribution in [2.75, 3.05) is 26.2 Å². The molecule has 0 spiro atoms. The number of hydrogen-bond acceptors (Lipinski definition) is 3. The summed E-state index contributed by atoms with van der Waals surface area (Å²) in [5, 5.41) is 27.1. The van der Waals surface area contributed by atoms with Gasteiger partial charge in [0.1, 0.15) is 0 Å². The molecule has 0 heterocycles. The van der Waals surface area contributed by atoms with Crippen LogP contribution in [0.5, 0.6) is 0 Å². The fourth-order valence-electron chi connectivity index (χ4n) is 3.78. The lowest BCUT2D eigenvalue weighted by Crippen LogP contribution is -2.52. The maximum atomic E-state index is 11.0. The molecule has 0 aliphatic heterocycles. The van der Waals surface area contributed by atoms with Gasteiger partial charge in [0.25, 0.3) is 0 Å². The molecule has 0 aliphatic carbocycles. The average Bonchev–Trinajstić information content (AvgIpc) is 2.66. The van der Waals surface area contributed by atoms with Crippen LogP contribution in [0.25, 0.3) is 0 Å². The summed E-state index contributed by atoms with van der Waals surface area (Å²) in [4.78, 5) is 33.1. The lowest BCUT2D eigenvalue weighted by molar-refractivity contribution is -0.927. The number of carboxylic acid groups (broad SMARTS) is 3. The number of quaternary nitrogens is 1. The van der Waals surface area contributed by atoms with Crippen molar-refractivity contribution in [1.29, 1.82) is 0 Å². The second-order valence-electron chi connectivity index (χ2n) is 8.20. The van der Waals surface area contributed by atoms with E-state index in [9.17, 15) is 14.4 Å². The molecule has 0 amide bonds. The molecule has 0 fully saturated rings. The van der Waals surface area contributed by atoms with E-state index in [0.717, 1.165) is 19.3 Å². The molecule has 0 aromatic carbocycles. The number of unbranched alkanes of at least 4 members (excludes halogenated alkanes) is 10. The lowest BCUT2D eigenvalue weighted by atomic mass is 10.1. The van der Waals surface area contributed by atoms with Gasteiger partial charge >= 0.3 is 17.9 Å². The molecule has 0 saturated carbocycles. The Morgan fingerprint density at radius 1 is 0.517 bits per heavy atom. The number of hydrogen-bond donors (Lipinski definition) is 3. The Kier molecular flexibility index (Phi) is 16.3. The van der Waals surface area contributed by atoms with Gasteiger partial charge in [0, 0.05) is 0 Å². The first-order valence-electron chi connectivity index (χ1n) is 11.3. The first kappa shape index (κ1) is 27.4. The SMILES string of the molecule is CCCCCCCCCCCCC[N+](CCC(=O)O)(CCC(=O)O)CCC(=O)O. The Morgan fingerprint density at radius 3 is 1.14 bits per heavy atom. The van der Waals surface area contributed by atoms with Crippen LogP contribution in [0.1, 0.15) is 96.8 Å². The molecule has 0 atom stereocenters. The number of carboxylic acids is 3. The molecular weight excluding hydrogens is 374 g/mol. The summed E-state index contributed by atoms with van der Waals surface area (Å²) in [7, 11) is 0. The standard InChI is InChI=1S/C22H41NO6/c1-2-3-4-5-6-7-8-9-10-11-12-16-23(17-13-20(24)25,18-14-21(26)27)19-15-22(28)29/h2-19H2,1H3,(H2-,24,25,26,27,28,29)/p+1. The largest absolute Gasteiger partial charge is 0.481 e. The van der Waals surface area contributed by atoms with Crippen LogP contribution >= 0.6 is 0 Å². The smallest absolute Gasteiger partial charge is 0.309 e. The average molecular weight is 417 g/mol. The Hall–Kier alpha value is -1.63. The molecule has 0 saturated heterocycles. The van der Waals surface area contributed by atoms with Crippen molar-refractivity contribution in [2.24, 2.45) is 0 Å². The Morgan fingerprint density at radius 2 is 0.828 bits per heavy atom. The van der Waals surface area contributed by atoms with Gasteiger partial charge in [-0.25, -0.2) is 0 Å². The number of aliphatic carboxylic acids is 3. The highest BCUT2D eigenvalue weighted by molar-refractivity contribution is 5.67. The van der Waals surface area contributed by atoms with E-state index in [1.54, 1.807) is 0 Å². The molecule has 7 nitrogen and oxygen atoms in total. The minimum absolute atomic E-state index is 0.0722. The van der Waals surface area contributed by atoms with Crippen molar-refractivity contribution in [1.82, 2.24) is 0 Å². The van der Waals surface area contributed by atoms with E-state index in [4.69, 9.17) is 15.3 Å². The van der Waals surface area contributed by atoms with E-state index in [1.807, 2.05) is 0 Å². The Balaban J connectivity index is 4.36. The first-order chi connectivity index (χ1) is 13.8. The molecular formula is C22H42NO6+. The molecule has 0 aliphatic rings. The molecule has 0 unspecified atom stereocenters. The van der Waals surface area contributed by atoms with E-state index in [-0.39, 0.29) is 43.4 Å². The van der Waals surface area contributed by atoms with Gasteiger partial charge in [-0.3, -0.25) is 14.4 Å². The lowest BCUT2D eigenvalue weighted by Gasteiger charge is -2.38. The maximum absolute atomic E-state index is 11.0. The summed E-state index contributed by atoms with van der Waals surface area (Å²) in [6, 6.07) is 0. The van der Waals surface area contributed by atoms with E-state index in [2.05, 4.69) is 6.92 Å². The van der Waals surface area contributed by atoms with Gasteiger partial charge in [-0.15, -0.1) is 0 Å². The monoisotopic (exact) mass is 416 g/mol. The molecule has 29 heavy (non-hydrogen) atoms. The van der Waals surface area contributed by atoms with Gasteiger partial charge in [-0.1, -0.05) is 64.7 Å². The second-order valence-corrected chi connectivity index (χ2v) is 8.20. The third kappa shape index (κ3) is 17.0. The topological polar surface area (TPSA) is 112 Å². The fraction of sp³-hybridized carbons (Fsp3) is 0.864. The van der Waals surface area contributed by atoms with E-state index >= 15 is 0 Å². The summed E-state index contributed by atoms with van der Waals surface area (Å²) < 4.78 is 0.266. The normalized spacial score (nSPS) is 11.5. The van der Waals surface area contributed by atoms with Crippen LogP contribution in [0, 0.1) is 0 Å². The van der Waals surface area contributed by atoms with Gasteiger partial charge < -0.3 is 19.8 Å². The van der Waals surface area contributed by atoms with Crippen molar-refractivity contribution >= 4 is 17.9 Å². The Bertz CT molecular complexity index is 421. The predicted molar refractivity (Wildman–Crippen MR) is 113 cm³/mol. The molecule has 0 aromatic heterocycles. The number of carbonyl (C=O) groups is 3. The van der Waals surface area contributed by atoms with Crippen LogP contribution in [-0.2, 0) is 14.4 Å². The summed E-state index contributed by atoms with van der Waals surface area (Å²) in [6.07, 6.45) is 13.0. The highest BCUT2D eigenvalue weighted by atomic mass is 16.4. The minimum Gasteiger partial charge on any atom is -0.481 e. The third-order valence-corrected chi connectivity index (χ3v) is 5.64. The molecule has 0 bridgehead atoms. The van der Waals surface area contributed by atoms with Crippen LogP contribution in [0.15, 0.2) is 0 Å². The van der Waals surface area contributed by atoms with Crippen LogP contribution in [-0.4, -0.2) is 63.9 Å². The number of nitrogens with zero attached hydrogens (tertiary/aromatic N) is 1. The van der Waals surface area contributed by atoms with Crippen molar-refractivity contribution in [3.8, 4) is 0 Å². The minimum atomic E-state index is -0.933.